The number of aromatic nitrogens is 4. The lowest BCUT2D eigenvalue weighted by Crippen LogP contribution is -2.29. The fourth-order valence-corrected chi connectivity index (χ4v) is 3.78. The van der Waals surface area contributed by atoms with E-state index in [4.69, 9.17) is 0 Å². The van der Waals surface area contributed by atoms with Crippen molar-refractivity contribution >= 4 is 29.0 Å². The monoisotopic (exact) mass is 423 g/mol. The fraction of sp³-hybridized carbons (Fsp3) is 0.381. The van der Waals surface area contributed by atoms with Gasteiger partial charge in [0.15, 0.2) is 17.3 Å². The Labute approximate surface area is 177 Å². The molecule has 2 aliphatic rings. The number of hydrogen-bond acceptors (Lipinski definition) is 6. The smallest absolute Gasteiger partial charge is 0.275 e. The summed E-state index contributed by atoms with van der Waals surface area (Å²) < 4.78 is 15.7. The van der Waals surface area contributed by atoms with E-state index in [-0.39, 0.29) is 28.9 Å². The second kappa shape index (κ2) is 7.69. The highest BCUT2D eigenvalue weighted by Crippen LogP contribution is 2.25. The number of anilines is 2. The SMILES string of the molecule is Cc1cn2cc(NC(=O)c3cnc(N4C[C@@H](CNC5CC5)CC4=O)cn3)cc(F)c2n1. The van der Waals surface area contributed by atoms with E-state index in [1.165, 1.54) is 35.7 Å². The number of nitrogens with one attached hydrogen (secondary N) is 2. The van der Waals surface area contributed by atoms with Crippen molar-refractivity contribution in [3.05, 3.63) is 48.1 Å². The molecule has 1 saturated heterocycles. The van der Waals surface area contributed by atoms with Gasteiger partial charge in [0.05, 0.1) is 23.8 Å². The number of amides is 2. The van der Waals surface area contributed by atoms with Gasteiger partial charge in [0.1, 0.15) is 5.69 Å². The number of hydrogen-bond donors (Lipinski definition) is 2. The average molecular weight is 423 g/mol. The molecule has 160 valence electrons. The number of rotatable bonds is 6. The van der Waals surface area contributed by atoms with E-state index in [1.54, 1.807) is 24.2 Å². The second-order valence-electron chi connectivity index (χ2n) is 8.16. The zero-order valence-electron chi connectivity index (χ0n) is 17.0. The molecule has 0 radical (unpaired) electrons. The molecule has 10 heteroatoms. The predicted octanol–water partition coefficient (Wildman–Crippen LogP) is 1.93. The number of carbonyl (C=O) groups is 2. The van der Waals surface area contributed by atoms with E-state index in [0.29, 0.717) is 30.5 Å². The maximum atomic E-state index is 14.2. The zero-order valence-corrected chi connectivity index (χ0v) is 17.0. The molecule has 2 amide bonds. The Morgan fingerprint density at radius 1 is 1.26 bits per heavy atom. The summed E-state index contributed by atoms with van der Waals surface area (Å²) in [5, 5.41) is 6.07. The highest BCUT2D eigenvalue weighted by molar-refractivity contribution is 6.03. The Morgan fingerprint density at radius 3 is 2.84 bits per heavy atom. The molecule has 1 aliphatic heterocycles. The van der Waals surface area contributed by atoms with Gasteiger partial charge in [0, 0.05) is 44.0 Å². The third-order valence-corrected chi connectivity index (χ3v) is 5.51. The van der Waals surface area contributed by atoms with Gasteiger partial charge in [-0.3, -0.25) is 14.5 Å². The van der Waals surface area contributed by atoms with Crippen LogP contribution < -0.4 is 15.5 Å². The van der Waals surface area contributed by atoms with E-state index in [9.17, 15) is 14.0 Å². The van der Waals surface area contributed by atoms with Gasteiger partial charge in [0.25, 0.3) is 5.91 Å². The van der Waals surface area contributed by atoms with Crippen LogP contribution in [0.2, 0.25) is 0 Å². The molecule has 0 bridgehead atoms. The van der Waals surface area contributed by atoms with Crippen molar-refractivity contribution in [1.82, 2.24) is 24.7 Å². The van der Waals surface area contributed by atoms with Crippen LogP contribution in [0.3, 0.4) is 0 Å². The van der Waals surface area contributed by atoms with Crippen molar-refractivity contribution in [2.75, 3.05) is 23.3 Å². The third-order valence-electron chi connectivity index (χ3n) is 5.51. The van der Waals surface area contributed by atoms with Crippen molar-refractivity contribution in [3.63, 3.8) is 0 Å². The van der Waals surface area contributed by atoms with E-state index < -0.39 is 11.7 Å². The van der Waals surface area contributed by atoms with Crippen molar-refractivity contribution in [3.8, 4) is 0 Å². The van der Waals surface area contributed by atoms with Gasteiger partial charge in [-0.15, -0.1) is 0 Å². The molecule has 4 heterocycles. The molecule has 1 saturated carbocycles. The maximum Gasteiger partial charge on any atom is 0.275 e. The topological polar surface area (TPSA) is 105 Å². The lowest BCUT2D eigenvalue weighted by Gasteiger charge is -2.15. The molecule has 0 spiro atoms. The molecule has 0 unspecified atom stereocenters. The largest absolute Gasteiger partial charge is 0.319 e. The number of imidazole rings is 1. The van der Waals surface area contributed by atoms with Gasteiger partial charge in [-0.25, -0.2) is 19.3 Å². The highest BCUT2D eigenvalue weighted by atomic mass is 19.1. The van der Waals surface area contributed by atoms with Crippen molar-refractivity contribution in [2.45, 2.75) is 32.2 Å². The summed E-state index contributed by atoms with van der Waals surface area (Å²) in [4.78, 5) is 39.0. The summed E-state index contributed by atoms with van der Waals surface area (Å²) in [6.45, 7) is 3.17. The van der Waals surface area contributed by atoms with Crippen LogP contribution in [0.15, 0.2) is 30.9 Å². The first-order valence-electron chi connectivity index (χ1n) is 10.3. The Bertz CT molecular complexity index is 1160. The minimum absolute atomic E-state index is 0.00787. The molecule has 0 aromatic carbocycles. The Kier molecular flexibility index (Phi) is 4.85. The summed E-state index contributed by atoms with van der Waals surface area (Å²) in [5.74, 6) is -0.376. The van der Waals surface area contributed by atoms with E-state index >= 15 is 0 Å². The molecule has 2 N–H and O–H groups in total. The number of fused-ring (bicyclic) bond motifs is 1. The van der Waals surface area contributed by atoms with Crippen LogP contribution in [0, 0.1) is 18.7 Å². The lowest BCUT2D eigenvalue weighted by atomic mass is 10.1. The quantitative estimate of drug-likeness (QED) is 0.628. The summed E-state index contributed by atoms with van der Waals surface area (Å²) in [6.07, 6.45) is 8.89. The van der Waals surface area contributed by atoms with Crippen molar-refractivity contribution in [1.29, 1.82) is 0 Å². The standard InChI is InChI=1S/C21H22FN7O2/c1-12-9-28-11-15(5-16(22)20(28)26-12)27-21(31)17-7-25-18(8-24-17)29-10-13(4-19(29)30)6-23-14-2-3-14/h5,7-9,11,13-14,23H,2-4,6,10H2,1H3,(H,27,31)/t13-/m1/s1. The third kappa shape index (κ3) is 4.11. The van der Waals surface area contributed by atoms with Gasteiger partial charge >= 0.3 is 0 Å². The van der Waals surface area contributed by atoms with Gasteiger partial charge in [-0.05, 0) is 25.7 Å². The van der Waals surface area contributed by atoms with Gasteiger partial charge in [-0.2, -0.15) is 0 Å². The second-order valence-corrected chi connectivity index (χ2v) is 8.16. The number of halogens is 1. The fourth-order valence-electron chi connectivity index (χ4n) is 3.78. The highest BCUT2D eigenvalue weighted by Gasteiger charge is 2.32. The first-order valence-corrected chi connectivity index (χ1v) is 10.3. The summed E-state index contributed by atoms with van der Waals surface area (Å²) in [5.41, 5.74) is 1.22. The molecule has 3 aromatic rings. The van der Waals surface area contributed by atoms with Gasteiger partial charge in [0.2, 0.25) is 5.91 Å². The summed E-state index contributed by atoms with van der Waals surface area (Å²) >= 11 is 0. The number of pyridine rings is 1. The maximum absolute atomic E-state index is 14.2. The van der Waals surface area contributed by atoms with Crippen molar-refractivity contribution < 1.29 is 14.0 Å². The Hall–Kier alpha value is -3.40. The molecule has 1 aliphatic carbocycles. The van der Waals surface area contributed by atoms with Crippen LogP contribution in [-0.4, -0.2) is 50.3 Å². The Morgan fingerprint density at radius 2 is 2.10 bits per heavy atom. The van der Waals surface area contributed by atoms with E-state index in [0.717, 1.165) is 6.54 Å². The number of nitrogens with zero attached hydrogens (tertiary/aromatic N) is 5. The number of aryl methyl sites for hydroxylation is 1. The van der Waals surface area contributed by atoms with Crippen LogP contribution in [-0.2, 0) is 4.79 Å². The van der Waals surface area contributed by atoms with Crippen molar-refractivity contribution in [2.24, 2.45) is 5.92 Å². The van der Waals surface area contributed by atoms with Crippen LogP contribution in [0.5, 0.6) is 0 Å². The number of carbonyl (C=O) groups excluding carboxylic acids is 2. The molecular formula is C21H22FN7O2. The molecule has 5 rings (SSSR count). The van der Waals surface area contributed by atoms with Gasteiger partial charge < -0.3 is 15.0 Å². The molecule has 31 heavy (non-hydrogen) atoms. The van der Waals surface area contributed by atoms with Crippen LogP contribution in [0.25, 0.3) is 5.65 Å². The minimum atomic E-state index is -0.536. The normalized spacial score (nSPS) is 18.7. The molecule has 3 aromatic heterocycles. The van der Waals surface area contributed by atoms with Crippen LogP contribution >= 0.6 is 0 Å². The lowest BCUT2D eigenvalue weighted by molar-refractivity contribution is -0.117. The molecule has 2 fully saturated rings. The van der Waals surface area contributed by atoms with Crippen LogP contribution in [0.4, 0.5) is 15.9 Å². The molecular weight excluding hydrogens is 401 g/mol. The van der Waals surface area contributed by atoms with Crippen LogP contribution in [0.1, 0.15) is 35.4 Å². The summed E-state index contributed by atoms with van der Waals surface area (Å²) in [7, 11) is 0. The van der Waals surface area contributed by atoms with Gasteiger partial charge in [-0.1, -0.05) is 0 Å². The average Bonchev–Trinajstić information content (AvgIpc) is 3.39. The van der Waals surface area contributed by atoms with E-state index in [2.05, 4.69) is 25.6 Å². The van der Waals surface area contributed by atoms with E-state index in [1.807, 2.05) is 0 Å². The first kappa shape index (κ1) is 19.6. The minimum Gasteiger partial charge on any atom is -0.319 e. The predicted molar refractivity (Wildman–Crippen MR) is 111 cm³/mol. The molecule has 1 atom stereocenters. The summed E-state index contributed by atoms with van der Waals surface area (Å²) in [6, 6.07) is 1.81. The zero-order chi connectivity index (χ0) is 21.5. The first-order chi connectivity index (χ1) is 15.0. The molecule has 9 nitrogen and oxygen atoms in total. The Balaban J connectivity index is 1.25.